The first-order chi connectivity index (χ1) is 8.33. The Morgan fingerprint density at radius 3 is 3.06 bits per heavy atom. The number of rotatable bonds is 2. The van der Waals surface area contributed by atoms with Gasteiger partial charge in [-0.05, 0) is 18.2 Å². The first kappa shape index (κ1) is 9.64. The molecule has 17 heavy (non-hydrogen) atoms. The van der Waals surface area contributed by atoms with Gasteiger partial charge in [0.05, 0.1) is 0 Å². The summed E-state index contributed by atoms with van der Waals surface area (Å²) in [7, 11) is 0. The summed E-state index contributed by atoms with van der Waals surface area (Å²) in [4.78, 5) is 15.6. The zero-order valence-corrected chi connectivity index (χ0v) is 8.64. The Balaban J connectivity index is 1.82. The van der Waals surface area contributed by atoms with Gasteiger partial charge in [0, 0.05) is 5.56 Å². The number of carbonyl (C=O) groups excluding carboxylic acids is 1. The molecule has 0 aliphatic carbocycles. The van der Waals surface area contributed by atoms with E-state index in [-0.39, 0.29) is 12.7 Å². The molecule has 1 amide bonds. The Morgan fingerprint density at radius 1 is 1.35 bits per heavy atom. The van der Waals surface area contributed by atoms with Crippen molar-refractivity contribution >= 4 is 11.9 Å². The zero-order chi connectivity index (χ0) is 11.7. The molecule has 1 aromatic carbocycles. The highest BCUT2D eigenvalue weighted by Crippen LogP contribution is 2.32. The third-order valence-electron chi connectivity index (χ3n) is 2.28. The molecule has 0 atom stereocenters. The molecule has 0 bridgehead atoms. The molecule has 2 N–H and O–H groups in total. The molecule has 7 nitrogen and oxygen atoms in total. The van der Waals surface area contributed by atoms with Gasteiger partial charge in [0.2, 0.25) is 12.7 Å². The molecule has 1 aromatic heterocycles. The molecule has 0 fully saturated rings. The fraction of sp³-hybridized carbons (Fsp3) is 0.100. The average molecular weight is 232 g/mol. The standard InChI is InChI=1S/C10H8N4O3/c15-9(13-10-11-4-12-14-10)6-1-2-7-8(3-6)17-5-16-7/h1-4H,5H2,(H2,11,12,13,14,15). The maximum absolute atomic E-state index is 11.8. The van der Waals surface area contributed by atoms with Gasteiger partial charge in [-0.1, -0.05) is 0 Å². The minimum atomic E-state index is -0.292. The molecular weight excluding hydrogens is 224 g/mol. The van der Waals surface area contributed by atoms with Crippen LogP contribution in [0, 0.1) is 0 Å². The van der Waals surface area contributed by atoms with E-state index in [4.69, 9.17) is 9.47 Å². The van der Waals surface area contributed by atoms with Gasteiger partial charge in [-0.15, -0.1) is 0 Å². The summed E-state index contributed by atoms with van der Waals surface area (Å²) in [6.07, 6.45) is 1.31. The van der Waals surface area contributed by atoms with Gasteiger partial charge < -0.3 is 9.47 Å². The highest BCUT2D eigenvalue weighted by Gasteiger charge is 2.16. The number of hydrogen-bond donors (Lipinski definition) is 2. The predicted octanol–water partition coefficient (Wildman–Crippen LogP) is 0.786. The number of fused-ring (bicyclic) bond motifs is 1. The third-order valence-corrected chi connectivity index (χ3v) is 2.28. The lowest BCUT2D eigenvalue weighted by Gasteiger charge is -2.02. The zero-order valence-electron chi connectivity index (χ0n) is 8.64. The Bertz CT molecular complexity index is 553. The van der Waals surface area contributed by atoms with Gasteiger partial charge in [0.15, 0.2) is 11.5 Å². The number of benzene rings is 1. The normalized spacial score (nSPS) is 12.5. The van der Waals surface area contributed by atoms with E-state index in [1.807, 2.05) is 0 Å². The summed E-state index contributed by atoms with van der Waals surface area (Å²) in [5.41, 5.74) is 0.464. The molecule has 2 aromatic rings. The molecule has 0 radical (unpaired) electrons. The van der Waals surface area contributed by atoms with Gasteiger partial charge in [-0.2, -0.15) is 10.1 Å². The second kappa shape index (κ2) is 3.78. The van der Waals surface area contributed by atoms with Crippen molar-refractivity contribution in [2.75, 3.05) is 12.1 Å². The average Bonchev–Trinajstić information content (AvgIpc) is 2.97. The molecule has 1 aliphatic heterocycles. The van der Waals surface area contributed by atoms with Crippen LogP contribution in [0.25, 0.3) is 0 Å². The quantitative estimate of drug-likeness (QED) is 0.798. The number of hydrogen-bond acceptors (Lipinski definition) is 5. The number of nitrogens with zero attached hydrogens (tertiary/aromatic N) is 2. The van der Waals surface area contributed by atoms with Crippen LogP contribution in [0.1, 0.15) is 10.4 Å². The highest BCUT2D eigenvalue weighted by atomic mass is 16.7. The van der Waals surface area contributed by atoms with Crippen molar-refractivity contribution in [2.45, 2.75) is 0 Å². The number of nitrogens with one attached hydrogen (secondary N) is 2. The van der Waals surface area contributed by atoms with Gasteiger partial charge in [0.1, 0.15) is 6.33 Å². The van der Waals surface area contributed by atoms with E-state index >= 15 is 0 Å². The molecule has 0 unspecified atom stereocenters. The van der Waals surface area contributed by atoms with Crippen LogP contribution in [-0.2, 0) is 0 Å². The van der Waals surface area contributed by atoms with Crippen molar-refractivity contribution in [2.24, 2.45) is 0 Å². The van der Waals surface area contributed by atoms with E-state index in [1.165, 1.54) is 6.33 Å². The molecular formula is C10H8N4O3. The molecule has 3 rings (SSSR count). The third kappa shape index (κ3) is 1.78. The predicted molar refractivity (Wildman–Crippen MR) is 56.9 cm³/mol. The van der Waals surface area contributed by atoms with Crippen LogP contribution in [0.15, 0.2) is 24.5 Å². The molecule has 1 aliphatic rings. The minimum absolute atomic E-state index is 0.183. The number of amides is 1. The SMILES string of the molecule is O=C(Nc1ncn[nH]1)c1ccc2c(c1)OCO2. The van der Waals surface area contributed by atoms with Gasteiger partial charge >= 0.3 is 0 Å². The van der Waals surface area contributed by atoms with Crippen molar-refractivity contribution in [3.05, 3.63) is 30.1 Å². The fourth-order valence-electron chi connectivity index (χ4n) is 1.48. The van der Waals surface area contributed by atoms with E-state index < -0.39 is 0 Å². The van der Waals surface area contributed by atoms with E-state index in [0.29, 0.717) is 23.0 Å². The number of aromatic nitrogens is 3. The molecule has 86 valence electrons. The molecule has 2 heterocycles. The van der Waals surface area contributed by atoms with E-state index in [1.54, 1.807) is 18.2 Å². The smallest absolute Gasteiger partial charge is 0.258 e. The second-order valence-electron chi connectivity index (χ2n) is 3.36. The number of aromatic amines is 1. The summed E-state index contributed by atoms with van der Waals surface area (Å²) < 4.78 is 10.3. The van der Waals surface area contributed by atoms with E-state index in [0.717, 1.165) is 0 Å². The Hall–Kier alpha value is -2.57. The van der Waals surface area contributed by atoms with E-state index in [2.05, 4.69) is 20.5 Å². The largest absolute Gasteiger partial charge is 0.454 e. The lowest BCUT2D eigenvalue weighted by Crippen LogP contribution is -2.12. The Labute approximate surface area is 95.8 Å². The molecule has 0 spiro atoms. The topological polar surface area (TPSA) is 89.1 Å². The van der Waals surface area contributed by atoms with Gasteiger partial charge in [-0.25, -0.2) is 5.10 Å². The summed E-state index contributed by atoms with van der Waals surface area (Å²) in [5.74, 6) is 1.21. The summed E-state index contributed by atoms with van der Waals surface area (Å²) in [6.45, 7) is 0.183. The number of carbonyl (C=O) groups is 1. The van der Waals surface area contributed by atoms with Crippen LogP contribution < -0.4 is 14.8 Å². The fourth-order valence-corrected chi connectivity index (χ4v) is 1.48. The Kier molecular flexibility index (Phi) is 2.14. The maximum Gasteiger partial charge on any atom is 0.258 e. The highest BCUT2D eigenvalue weighted by molar-refractivity contribution is 6.03. The van der Waals surface area contributed by atoms with Crippen LogP contribution in [0.2, 0.25) is 0 Å². The molecule has 7 heteroatoms. The van der Waals surface area contributed by atoms with Crippen LogP contribution >= 0.6 is 0 Å². The van der Waals surface area contributed by atoms with Crippen LogP contribution in [0.3, 0.4) is 0 Å². The van der Waals surface area contributed by atoms with Crippen molar-refractivity contribution < 1.29 is 14.3 Å². The van der Waals surface area contributed by atoms with Gasteiger partial charge in [-0.3, -0.25) is 10.1 Å². The first-order valence-electron chi connectivity index (χ1n) is 4.89. The van der Waals surface area contributed by atoms with Crippen LogP contribution in [-0.4, -0.2) is 27.9 Å². The summed E-state index contributed by atoms with van der Waals surface area (Å²) in [5, 5.41) is 8.74. The van der Waals surface area contributed by atoms with Gasteiger partial charge in [0.25, 0.3) is 5.91 Å². The first-order valence-corrected chi connectivity index (χ1v) is 4.89. The van der Waals surface area contributed by atoms with Crippen LogP contribution in [0.4, 0.5) is 5.95 Å². The summed E-state index contributed by atoms with van der Waals surface area (Å²) >= 11 is 0. The number of ether oxygens (including phenoxy) is 2. The second-order valence-corrected chi connectivity index (χ2v) is 3.36. The van der Waals surface area contributed by atoms with Crippen molar-refractivity contribution in [1.29, 1.82) is 0 Å². The molecule has 0 saturated carbocycles. The number of H-pyrrole nitrogens is 1. The lowest BCUT2D eigenvalue weighted by molar-refractivity contribution is 0.102. The number of anilines is 1. The maximum atomic E-state index is 11.8. The van der Waals surface area contributed by atoms with Crippen molar-refractivity contribution in [1.82, 2.24) is 15.2 Å². The van der Waals surface area contributed by atoms with Crippen LogP contribution in [0.5, 0.6) is 11.5 Å². The lowest BCUT2D eigenvalue weighted by atomic mass is 10.2. The minimum Gasteiger partial charge on any atom is -0.454 e. The monoisotopic (exact) mass is 232 g/mol. The Morgan fingerprint density at radius 2 is 2.24 bits per heavy atom. The van der Waals surface area contributed by atoms with Crippen molar-refractivity contribution in [3.8, 4) is 11.5 Å². The van der Waals surface area contributed by atoms with Crippen molar-refractivity contribution in [3.63, 3.8) is 0 Å². The summed E-state index contributed by atoms with van der Waals surface area (Å²) in [6, 6.07) is 4.96. The van der Waals surface area contributed by atoms with E-state index in [9.17, 15) is 4.79 Å². The molecule has 0 saturated heterocycles.